The lowest BCUT2D eigenvalue weighted by molar-refractivity contribution is 0.472. The first-order valence-electron chi connectivity index (χ1n) is 12.0. The zero-order valence-corrected chi connectivity index (χ0v) is 25.2. The third-order valence-corrected chi connectivity index (χ3v) is 15.1. The van der Waals surface area contributed by atoms with Gasteiger partial charge in [0.1, 0.15) is 4.16 Å². The molecule has 1 unspecified atom stereocenters. The van der Waals surface area contributed by atoms with E-state index in [0.717, 1.165) is 16.7 Å². The molecule has 0 radical (unpaired) electrons. The van der Waals surface area contributed by atoms with Crippen molar-refractivity contribution in [1.29, 1.82) is 0 Å². The van der Waals surface area contributed by atoms with E-state index in [0.29, 0.717) is 0 Å². The van der Waals surface area contributed by atoms with Crippen LogP contribution in [0.2, 0.25) is 0 Å². The maximum atomic E-state index is 13.8. The minimum atomic E-state index is -4.05. The van der Waals surface area contributed by atoms with E-state index in [1.54, 1.807) is 36.4 Å². The van der Waals surface area contributed by atoms with E-state index in [-0.39, 0.29) is 32.4 Å². The normalized spacial score (nSPS) is 19.5. The van der Waals surface area contributed by atoms with Crippen LogP contribution in [0.4, 0.5) is 0 Å². The van der Waals surface area contributed by atoms with Crippen LogP contribution in [0, 0.1) is 26.7 Å². The molecule has 0 amide bonds. The zero-order chi connectivity index (χ0) is 27.9. The van der Waals surface area contributed by atoms with Crippen molar-refractivity contribution in [3.05, 3.63) is 100 Å². The second kappa shape index (κ2) is 10.7. The van der Waals surface area contributed by atoms with Gasteiger partial charge in [0.15, 0.2) is 19.7 Å². The third kappa shape index (κ3) is 5.54. The highest BCUT2D eigenvalue weighted by Crippen LogP contribution is 2.43. The van der Waals surface area contributed by atoms with Gasteiger partial charge in [0.2, 0.25) is 9.84 Å². The predicted molar refractivity (Wildman–Crippen MR) is 152 cm³/mol. The number of halogens is 1. The molecule has 3 atom stereocenters. The van der Waals surface area contributed by atoms with Gasteiger partial charge in [-0.25, -0.2) is 25.3 Å². The summed E-state index contributed by atoms with van der Waals surface area (Å²) in [6.07, 6.45) is 1.06. The van der Waals surface area contributed by atoms with Crippen LogP contribution >= 0.6 is 15.9 Å². The Hall–Kier alpha value is -2.27. The number of benzene rings is 3. The highest BCUT2D eigenvalue weighted by atomic mass is 79.9. The average Bonchev–Trinajstić information content (AvgIpc) is 2.88. The van der Waals surface area contributed by atoms with Gasteiger partial charge in [0.05, 0.1) is 19.9 Å². The first kappa shape index (κ1) is 28.7. The summed E-state index contributed by atoms with van der Waals surface area (Å²) in [5.41, 5.74) is 2.66. The topological polar surface area (TPSA) is 102 Å². The van der Waals surface area contributed by atoms with Crippen LogP contribution in [0.25, 0.3) is 0 Å². The Morgan fingerprint density at radius 1 is 0.658 bits per heavy atom. The molecule has 0 saturated carbocycles. The number of allylic oxidation sites excluding steroid dienone is 2. The van der Waals surface area contributed by atoms with Crippen molar-refractivity contribution in [2.75, 3.05) is 0 Å². The van der Waals surface area contributed by atoms with Crippen molar-refractivity contribution >= 4 is 45.4 Å². The van der Waals surface area contributed by atoms with Crippen molar-refractivity contribution in [3.63, 3.8) is 0 Å². The largest absolute Gasteiger partial charge is 0.223 e. The fraction of sp³-hybridized carbons (Fsp3) is 0.286. The zero-order valence-electron chi connectivity index (χ0n) is 21.2. The Kier molecular flexibility index (Phi) is 8.10. The van der Waals surface area contributed by atoms with E-state index in [1.165, 1.54) is 42.5 Å². The van der Waals surface area contributed by atoms with Gasteiger partial charge < -0.3 is 0 Å². The lowest BCUT2D eigenvalue weighted by atomic mass is 9.95. The van der Waals surface area contributed by atoms with Gasteiger partial charge in [0.25, 0.3) is 0 Å². The molecule has 0 saturated heterocycles. The van der Waals surface area contributed by atoms with Gasteiger partial charge in [-0.1, -0.05) is 75.1 Å². The summed E-state index contributed by atoms with van der Waals surface area (Å²) in [6.45, 7) is 5.52. The van der Waals surface area contributed by atoms with Crippen molar-refractivity contribution in [3.8, 4) is 0 Å². The molecule has 10 heteroatoms. The Labute approximate surface area is 233 Å². The molecule has 0 fully saturated rings. The van der Waals surface area contributed by atoms with Gasteiger partial charge in [-0.05, 0) is 70.0 Å². The smallest absolute Gasteiger partial charge is 0.202 e. The van der Waals surface area contributed by atoms with Crippen molar-refractivity contribution < 1.29 is 25.3 Å². The molecule has 38 heavy (non-hydrogen) atoms. The summed E-state index contributed by atoms with van der Waals surface area (Å²) in [4.78, 5) is 0.212. The summed E-state index contributed by atoms with van der Waals surface area (Å²) < 4.78 is 80.6. The molecule has 3 aromatic carbocycles. The van der Waals surface area contributed by atoms with E-state index in [1.807, 2.05) is 20.8 Å². The first-order valence-corrected chi connectivity index (χ1v) is 17.5. The first-order chi connectivity index (χ1) is 17.7. The minimum Gasteiger partial charge on any atom is -0.223 e. The van der Waals surface area contributed by atoms with Crippen molar-refractivity contribution in [2.24, 2.45) is 5.92 Å². The quantitative estimate of drug-likeness (QED) is 0.308. The number of alkyl halides is 1. The van der Waals surface area contributed by atoms with Gasteiger partial charge in [0, 0.05) is 10.8 Å². The molecule has 1 aliphatic carbocycles. The van der Waals surface area contributed by atoms with E-state index < -0.39 is 44.8 Å². The molecule has 4 rings (SSSR count). The highest BCUT2D eigenvalue weighted by molar-refractivity contribution is 9.11. The third-order valence-electron chi connectivity index (χ3n) is 6.90. The SMILES string of the molecule is Cc1ccc(S(=O)(=O)C2=CC[C@@H](S(=O)(=O)c3ccc(C)cc3)[C@@H](C(Br)S(=O)(=O)c3ccc(C)cc3)C2)cc1. The molecule has 0 aliphatic heterocycles. The molecule has 0 spiro atoms. The summed E-state index contributed by atoms with van der Waals surface area (Å²) in [5.74, 6) is -1.06. The molecule has 0 bridgehead atoms. The van der Waals surface area contributed by atoms with Crippen molar-refractivity contribution in [2.45, 2.75) is 57.7 Å². The molecule has 0 aromatic heterocycles. The minimum absolute atomic E-state index is 0.0188. The Morgan fingerprint density at radius 2 is 1.08 bits per heavy atom. The molecule has 202 valence electrons. The maximum absolute atomic E-state index is 13.8. The lowest BCUT2D eigenvalue weighted by Crippen LogP contribution is -2.41. The van der Waals surface area contributed by atoms with Crippen LogP contribution in [0.1, 0.15) is 29.5 Å². The van der Waals surface area contributed by atoms with Gasteiger partial charge in [-0.2, -0.15) is 0 Å². The van der Waals surface area contributed by atoms with Crippen LogP contribution in [0.5, 0.6) is 0 Å². The van der Waals surface area contributed by atoms with Crippen LogP contribution in [0.15, 0.2) is 98.5 Å². The van der Waals surface area contributed by atoms with Crippen LogP contribution in [0.3, 0.4) is 0 Å². The van der Waals surface area contributed by atoms with Crippen LogP contribution in [-0.4, -0.2) is 34.7 Å². The summed E-state index contributed by atoms with van der Waals surface area (Å²) in [6, 6.07) is 19.0. The fourth-order valence-electron chi connectivity index (χ4n) is 4.57. The second-order valence-electron chi connectivity index (χ2n) is 9.70. The van der Waals surface area contributed by atoms with E-state index >= 15 is 0 Å². The van der Waals surface area contributed by atoms with Gasteiger partial charge in [-0.15, -0.1) is 0 Å². The Morgan fingerprint density at radius 3 is 1.55 bits per heavy atom. The van der Waals surface area contributed by atoms with Gasteiger partial charge in [-0.3, -0.25) is 0 Å². The number of sulfone groups is 3. The molecule has 1 aliphatic rings. The summed E-state index contributed by atoms with van der Waals surface area (Å²) >= 11 is 3.32. The lowest BCUT2D eigenvalue weighted by Gasteiger charge is -2.34. The number of aryl methyl sites for hydroxylation is 3. The number of rotatable bonds is 7. The predicted octanol–water partition coefficient (Wildman–Crippen LogP) is 5.72. The van der Waals surface area contributed by atoms with Crippen LogP contribution in [-0.2, 0) is 29.5 Å². The van der Waals surface area contributed by atoms with E-state index in [4.69, 9.17) is 0 Å². The fourth-order valence-corrected chi connectivity index (χ4v) is 11.0. The van der Waals surface area contributed by atoms with Gasteiger partial charge >= 0.3 is 0 Å². The Balaban J connectivity index is 1.81. The Bertz CT molecular complexity index is 1670. The monoisotopic (exact) mass is 636 g/mol. The van der Waals surface area contributed by atoms with E-state index in [9.17, 15) is 25.3 Å². The van der Waals surface area contributed by atoms with E-state index in [2.05, 4.69) is 15.9 Å². The summed E-state index contributed by atoms with van der Waals surface area (Å²) in [7, 11) is -12.0. The summed E-state index contributed by atoms with van der Waals surface area (Å²) in [5, 5.41) is -1.15. The van der Waals surface area contributed by atoms with Crippen molar-refractivity contribution in [1.82, 2.24) is 0 Å². The number of hydrogen-bond donors (Lipinski definition) is 0. The molecule has 6 nitrogen and oxygen atoms in total. The van der Waals surface area contributed by atoms with Crippen LogP contribution < -0.4 is 0 Å². The molecular weight excluding hydrogens is 608 g/mol. The molecular formula is C28H29BrO6S3. The average molecular weight is 638 g/mol. The molecule has 0 heterocycles. The standard InChI is InChI=1S/C28H29BrO6S3/c1-19-4-10-22(11-5-19)36(30,31)25-16-17-27(37(32,33)23-12-6-20(2)7-13-23)26(18-25)28(29)38(34,35)24-14-8-21(3)9-15-24/h4-16,26-28H,17-18H2,1-3H3/t26-,27+,28?/m0/s1. The number of hydrogen-bond acceptors (Lipinski definition) is 6. The molecule has 0 N–H and O–H groups in total. The second-order valence-corrected chi connectivity index (χ2v) is 17.5. The maximum Gasteiger partial charge on any atom is 0.202 e. The highest BCUT2D eigenvalue weighted by Gasteiger charge is 2.46. The molecule has 3 aromatic rings.